The molecule has 0 atom stereocenters. The monoisotopic (exact) mass is 803 g/mol. The minimum absolute atomic E-state index is 0.697. The maximum Gasteiger partial charge on any atom is 0.160 e. The highest BCUT2D eigenvalue weighted by molar-refractivity contribution is 6.26. The zero-order valence-corrected chi connectivity index (χ0v) is 34.1. The quantitative estimate of drug-likeness (QED) is 0.168. The van der Waals surface area contributed by atoms with Gasteiger partial charge in [-0.3, -0.25) is 0 Å². The summed E-state index contributed by atoms with van der Waals surface area (Å²) in [5, 5.41) is 7.23. The average molecular weight is 804 g/mol. The van der Waals surface area contributed by atoms with Gasteiger partial charge in [0.2, 0.25) is 0 Å². The van der Waals surface area contributed by atoms with E-state index in [1.807, 2.05) is 24.3 Å². The van der Waals surface area contributed by atoms with Crippen LogP contribution in [-0.2, 0) is 0 Å². The molecule has 0 amide bonds. The fourth-order valence-corrected chi connectivity index (χ4v) is 9.86. The number of nitrogens with zero attached hydrogens (tertiary/aromatic N) is 5. The zero-order valence-electron chi connectivity index (χ0n) is 34.1. The van der Waals surface area contributed by atoms with Crippen molar-refractivity contribution < 1.29 is 0 Å². The Kier molecular flexibility index (Phi) is 7.84. The van der Waals surface area contributed by atoms with Gasteiger partial charge in [-0.25, -0.2) is 9.97 Å². The Morgan fingerprint density at radius 1 is 0.270 bits per heavy atom. The fraction of sp³-hybridized carbons (Fsp3) is 0. The van der Waals surface area contributed by atoms with Gasteiger partial charge < -0.3 is 13.7 Å². The third-order valence-corrected chi connectivity index (χ3v) is 12.6. The van der Waals surface area contributed by atoms with Crippen molar-refractivity contribution in [1.82, 2.24) is 23.7 Å². The Labute approximate surface area is 363 Å². The molecule has 13 rings (SSSR count). The summed E-state index contributed by atoms with van der Waals surface area (Å²) in [6.45, 7) is 0. The Morgan fingerprint density at radius 3 is 1.48 bits per heavy atom. The van der Waals surface area contributed by atoms with Crippen LogP contribution in [0.15, 0.2) is 224 Å². The summed E-state index contributed by atoms with van der Waals surface area (Å²) in [5.41, 5.74) is 15.1. The summed E-state index contributed by atoms with van der Waals surface area (Å²) in [7, 11) is 0. The lowest BCUT2D eigenvalue weighted by Gasteiger charge is -2.12. The van der Waals surface area contributed by atoms with E-state index in [1.165, 1.54) is 54.4 Å². The molecule has 0 spiro atoms. The Hall–Kier alpha value is -8.54. The van der Waals surface area contributed by atoms with E-state index >= 15 is 0 Å². The predicted octanol–water partition coefficient (Wildman–Crippen LogP) is 14.8. The molecule has 4 heterocycles. The molecule has 0 fully saturated rings. The first-order valence-corrected chi connectivity index (χ1v) is 21.4. The first kappa shape index (κ1) is 35.2. The molecule has 0 aliphatic rings. The summed E-state index contributed by atoms with van der Waals surface area (Å²) in [6.07, 6.45) is 0. The van der Waals surface area contributed by atoms with Gasteiger partial charge in [-0.1, -0.05) is 152 Å². The summed E-state index contributed by atoms with van der Waals surface area (Å²) in [4.78, 5) is 10.4. The Bertz CT molecular complexity index is 3820. The van der Waals surface area contributed by atoms with Crippen LogP contribution in [0, 0.1) is 0 Å². The molecule has 0 aliphatic heterocycles. The lowest BCUT2D eigenvalue weighted by molar-refractivity contribution is 1.16. The normalized spacial score (nSPS) is 11.8. The molecule has 0 saturated heterocycles. The first-order chi connectivity index (χ1) is 31.3. The van der Waals surface area contributed by atoms with E-state index in [1.54, 1.807) is 0 Å². The standard InChI is InChI=1S/C58H37N5/c1-5-17-38(18-6-1)49-37-50(60-58(59-49)39-19-7-2-8-20-39)40-29-31-45-46-32-34-54-56(47-26-14-16-28-52(47)62(54)42-23-11-4-12-24-42)57(46)63(55(45)35-40)43-30-33-53-48(36-43)44-25-13-15-27-51(44)61(53)41-21-9-3-10-22-41/h1-37H. The zero-order chi connectivity index (χ0) is 41.4. The molecule has 0 saturated carbocycles. The van der Waals surface area contributed by atoms with E-state index in [4.69, 9.17) is 9.97 Å². The van der Waals surface area contributed by atoms with Crippen LogP contribution in [0.5, 0.6) is 0 Å². The predicted molar refractivity (Wildman–Crippen MR) is 261 cm³/mol. The Morgan fingerprint density at radius 2 is 0.778 bits per heavy atom. The minimum atomic E-state index is 0.697. The molecule has 9 aromatic carbocycles. The van der Waals surface area contributed by atoms with Crippen molar-refractivity contribution in [2.24, 2.45) is 0 Å². The third-order valence-electron chi connectivity index (χ3n) is 12.6. The van der Waals surface area contributed by atoms with Crippen LogP contribution >= 0.6 is 0 Å². The van der Waals surface area contributed by atoms with Gasteiger partial charge >= 0.3 is 0 Å². The molecule has 4 aromatic heterocycles. The lowest BCUT2D eigenvalue weighted by atomic mass is 10.0. The fourth-order valence-electron chi connectivity index (χ4n) is 9.86. The molecular formula is C58H37N5. The number of para-hydroxylation sites is 4. The van der Waals surface area contributed by atoms with Crippen LogP contribution in [-0.4, -0.2) is 23.7 Å². The van der Waals surface area contributed by atoms with Gasteiger partial charge in [0.05, 0.1) is 44.5 Å². The number of hydrogen-bond acceptors (Lipinski definition) is 2. The summed E-state index contributed by atoms with van der Waals surface area (Å²) in [5.74, 6) is 0.697. The number of rotatable bonds is 6. The van der Waals surface area contributed by atoms with Crippen molar-refractivity contribution in [3.8, 4) is 51.0 Å². The summed E-state index contributed by atoms with van der Waals surface area (Å²) in [6, 6.07) is 80.3. The molecule has 0 unspecified atom stereocenters. The van der Waals surface area contributed by atoms with Crippen LogP contribution in [0.1, 0.15) is 0 Å². The molecular weight excluding hydrogens is 767 g/mol. The van der Waals surface area contributed by atoms with Crippen molar-refractivity contribution in [1.29, 1.82) is 0 Å². The van der Waals surface area contributed by atoms with Crippen molar-refractivity contribution in [2.75, 3.05) is 0 Å². The molecule has 0 bridgehead atoms. The van der Waals surface area contributed by atoms with Gasteiger partial charge in [0.1, 0.15) is 0 Å². The van der Waals surface area contributed by atoms with Crippen LogP contribution in [0.2, 0.25) is 0 Å². The smallest absolute Gasteiger partial charge is 0.160 e. The molecule has 0 radical (unpaired) electrons. The van der Waals surface area contributed by atoms with Crippen LogP contribution in [0.25, 0.3) is 116 Å². The van der Waals surface area contributed by atoms with Gasteiger partial charge in [0.15, 0.2) is 5.82 Å². The maximum atomic E-state index is 5.27. The number of aromatic nitrogens is 5. The highest BCUT2D eigenvalue weighted by atomic mass is 15.0. The number of fused-ring (bicyclic) bond motifs is 10. The highest BCUT2D eigenvalue weighted by Crippen LogP contribution is 2.44. The highest BCUT2D eigenvalue weighted by Gasteiger charge is 2.23. The molecule has 0 aliphatic carbocycles. The SMILES string of the molecule is c1ccc(-c2cc(-c3ccc4c5ccc6c(c7ccccc7n6-c6ccccc6)c5n(-c5ccc6c(c5)c5ccccc5n6-c5ccccc5)c4c3)nc(-c3ccccc3)n2)cc1. The van der Waals surface area contributed by atoms with Gasteiger partial charge in [-0.05, 0) is 72.8 Å². The van der Waals surface area contributed by atoms with E-state index in [-0.39, 0.29) is 0 Å². The maximum absolute atomic E-state index is 5.27. The van der Waals surface area contributed by atoms with E-state index in [9.17, 15) is 0 Å². The second-order valence-electron chi connectivity index (χ2n) is 16.2. The van der Waals surface area contributed by atoms with Gasteiger partial charge in [-0.2, -0.15) is 0 Å². The molecule has 13 aromatic rings. The second kappa shape index (κ2) is 14.0. The van der Waals surface area contributed by atoms with Crippen molar-refractivity contribution in [3.05, 3.63) is 224 Å². The molecule has 0 N–H and O–H groups in total. The van der Waals surface area contributed by atoms with Crippen molar-refractivity contribution in [3.63, 3.8) is 0 Å². The van der Waals surface area contributed by atoms with E-state index in [0.717, 1.165) is 56.2 Å². The second-order valence-corrected chi connectivity index (χ2v) is 16.2. The van der Waals surface area contributed by atoms with Gasteiger partial charge in [-0.15, -0.1) is 0 Å². The van der Waals surface area contributed by atoms with Crippen molar-refractivity contribution >= 4 is 65.4 Å². The van der Waals surface area contributed by atoms with Gasteiger partial charge in [0.25, 0.3) is 0 Å². The largest absolute Gasteiger partial charge is 0.309 e. The van der Waals surface area contributed by atoms with E-state index in [2.05, 4.69) is 214 Å². The number of hydrogen-bond donors (Lipinski definition) is 0. The first-order valence-electron chi connectivity index (χ1n) is 21.4. The summed E-state index contributed by atoms with van der Waals surface area (Å²) < 4.78 is 7.29. The average Bonchev–Trinajstić information content (AvgIpc) is 4.00. The van der Waals surface area contributed by atoms with E-state index < -0.39 is 0 Å². The van der Waals surface area contributed by atoms with Crippen LogP contribution in [0.3, 0.4) is 0 Å². The number of benzene rings is 9. The Balaban J connectivity index is 1.14. The molecule has 63 heavy (non-hydrogen) atoms. The minimum Gasteiger partial charge on any atom is -0.309 e. The lowest BCUT2D eigenvalue weighted by Crippen LogP contribution is -1.97. The van der Waals surface area contributed by atoms with E-state index in [0.29, 0.717) is 5.82 Å². The summed E-state index contributed by atoms with van der Waals surface area (Å²) >= 11 is 0. The molecule has 294 valence electrons. The molecule has 5 heteroatoms. The topological polar surface area (TPSA) is 40.6 Å². The molecule has 5 nitrogen and oxygen atoms in total. The van der Waals surface area contributed by atoms with Crippen LogP contribution in [0.4, 0.5) is 0 Å². The van der Waals surface area contributed by atoms with Crippen LogP contribution < -0.4 is 0 Å². The van der Waals surface area contributed by atoms with Gasteiger partial charge in [0, 0.05) is 66.1 Å². The third kappa shape index (κ3) is 5.50. The van der Waals surface area contributed by atoms with Crippen molar-refractivity contribution in [2.45, 2.75) is 0 Å².